The number of carbonyl (C=O) groups excluding carboxylic acids is 1. The van der Waals surface area contributed by atoms with Crippen LogP contribution in [0, 0.1) is 25.7 Å². The summed E-state index contributed by atoms with van der Waals surface area (Å²) in [7, 11) is 0. The molecule has 0 spiro atoms. The van der Waals surface area contributed by atoms with Gasteiger partial charge in [-0.25, -0.2) is 0 Å². The van der Waals surface area contributed by atoms with E-state index in [0.717, 1.165) is 29.7 Å². The molecule has 0 saturated carbocycles. The maximum Gasteiger partial charge on any atom is 0.224 e. The Morgan fingerprint density at radius 3 is 2.82 bits per heavy atom. The lowest BCUT2D eigenvalue weighted by atomic mass is 10.1. The van der Waals surface area contributed by atoms with Gasteiger partial charge in [-0.15, -0.1) is 11.8 Å². The third-order valence-corrected chi connectivity index (χ3v) is 2.55. The summed E-state index contributed by atoms with van der Waals surface area (Å²) in [6.07, 6.45) is 2.14. The van der Waals surface area contributed by atoms with Crippen molar-refractivity contribution in [2.75, 3.05) is 5.32 Å². The van der Waals surface area contributed by atoms with Gasteiger partial charge in [0.1, 0.15) is 0 Å². The number of hydrogen-bond acceptors (Lipinski definition) is 1. The first-order valence-electron chi connectivity index (χ1n) is 5.90. The Labute approximate surface area is 103 Å². The first-order chi connectivity index (χ1) is 8.13. The van der Waals surface area contributed by atoms with Gasteiger partial charge in [0.2, 0.25) is 5.91 Å². The second-order valence-electron chi connectivity index (χ2n) is 4.15. The fourth-order valence-corrected chi connectivity index (χ4v) is 1.55. The quantitative estimate of drug-likeness (QED) is 0.622. The number of aryl methyl sites for hydroxylation is 2. The monoisotopic (exact) mass is 229 g/mol. The number of unbranched alkanes of at least 4 members (excludes halogenated alkanes) is 1. The number of amides is 1. The summed E-state index contributed by atoms with van der Waals surface area (Å²) in [6, 6.07) is 6.06. The second-order valence-corrected chi connectivity index (χ2v) is 4.15. The van der Waals surface area contributed by atoms with E-state index in [4.69, 9.17) is 0 Å². The summed E-state index contributed by atoms with van der Waals surface area (Å²) >= 11 is 0. The molecule has 90 valence electrons. The summed E-state index contributed by atoms with van der Waals surface area (Å²) in [5.74, 6) is 5.85. The molecule has 0 aliphatic carbocycles. The molecule has 1 aromatic rings. The molecular formula is C15H19NO. The van der Waals surface area contributed by atoms with Gasteiger partial charge >= 0.3 is 0 Å². The zero-order valence-corrected chi connectivity index (χ0v) is 10.8. The smallest absolute Gasteiger partial charge is 0.224 e. The molecule has 0 radical (unpaired) electrons. The van der Waals surface area contributed by atoms with Crippen LogP contribution in [-0.2, 0) is 4.79 Å². The third kappa shape index (κ3) is 4.74. The number of rotatable bonds is 4. The van der Waals surface area contributed by atoms with Crippen LogP contribution in [0.5, 0.6) is 0 Å². The predicted octanol–water partition coefficient (Wildman–Crippen LogP) is 3.44. The van der Waals surface area contributed by atoms with Crippen LogP contribution in [0.1, 0.15) is 37.3 Å². The normalized spacial score (nSPS) is 9.35. The van der Waals surface area contributed by atoms with Crippen molar-refractivity contribution in [3.05, 3.63) is 29.3 Å². The molecular weight excluding hydrogens is 210 g/mol. The minimum Gasteiger partial charge on any atom is -0.326 e. The molecule has 0 bridgehead atoms. The molecule has 1 aromatic carbocycles. The van der Waals surface area contributed by atoms with E-state index < -0.39 is 0 Å². The van der Waals surface area contributed by atoms with Crippen LogP contribution in [0.15, 0.2) is 18.2 Å². The number of hydrogen-bond donors (Lipinski definition) is 1. The van der Waals surface area contributed by atoms with Gasteiger partial charge in [0.25, 0.3) is 0 Å². The minimum atomic E-state index is 0.0663. The zero-order valence-electron chi connectivity index (χ0n) is 10.8. The Hall–Kier alpha value is -1.75. The highest BCUT2D eigenvalue weighted by Crippen LogP contribution is 2.16. The van der Waals surface area contributed by atoms with Crippen molar-refractivity contribution < 1.29 is 4.79 Å². The Morgan fingerprint density at radius 2 is 2.12 bits per heavy atom. The molecule has 0 fully saturated rings. The Bertz CT molecular complexity index is 452. The Morgan fingerprint density at radius 1 is 1.35 bits per heavy atom. The molecule has 1 N–H and O–H groups in total. The van der Waals surface area contributed by atoms with Crippen LogP contribution in [0.25, 0.3) is 0 Å². The number of anilines is 1. The standard InChI is InChI=1S/C15H19NO/c1-4-5-6-7-8-15(17)16-14-11-12(2)9-10-13(14)3/h9-11H,6-8H2,1-3H3,(H,16,17). The summed E-state index contributed by atoms with van der Waals surface area (Å²) < 4.78 is 0. The molecule has 0 heterocycles. The first kappa shape index (κ1) is 13.3. The average Bonchev–Trinajstić information content (AvgIpc) is 2.29. The van der Waals surface area contributed by atoms with Gasteiger partial charge < -0.3 is 5.32 Å². The molecule has 2 nitrogen and oxygen atoms in total. The highest BCUT2D eigenvalue weighted by atomic mass is 16.1. The molecule has 1 rings (SSSR count). The van der Waals surface area contributed by atoms with Crippen molar-refractivity contribution in [1.29, 1.82) is 0 Å². The van der Waals surface area contributed by atoms with Gasteiger partial charge in [0.15, 0.2) is 0 Å². The molecule has 0 saturated heterocycles. The van der Waals surface area contributed by atoms with E-state index in [1.807, 2.05) is 39.0 Å². The van der Waals surface area contributed by atoms with Crippen LogP contribution < -0.4 is 5.32 Å². The van der Waals surface area contributed by atoms with Crippen molar-refractivity contribution in [2.24, 2.45) is 0 Å². The van der Waals surface area contributed by atoms with Crippen molar-refractivity contribution in [2.45, 2.75) is 40.0 Å². The van der Waals surface area contributed by atoms with Crippen molar-refractivity contribution in [1.82, 2.24) is 0 Å². The minimum absolute atomic E-state index is 0.0663. The lowest BCUT2D eigenvalue weighted by Crippen LogP contribution is -2.12. The Kier molecular flexibility index (Phi) is 5.29. The van der Waals surface area contributed by atoms with E-state index in [-0.39, 0.29) is 5.91 Å². The first-order valence-corrected chi connectivity index (χ1v) is 5.90. The predicted molar refractivity (Wildman–Crippen MR) is 71.8 cm³/mol. The summed E-state index contributed by atoms with van der Waals surface area (Å²) in [5, 5.41) is 2.94. The van der Waals surface area contributed by atoms with Crippen LogP contribution >= 0.6 is 0 Å². The van der Waals surface area contributed by atoms with Gasteiger partial charge in [-0.3, -0.25) is 4.79 Å². The lowest BCUT2D eigenvalue weighted by Gasteiger charge is -2.08. The van der Waals surface area contributed by atoms with Crippen LogP contribution in [0.2, 0.25) is 0 Å². The molecule has 2 heteroatoms. The van der Waals surface area contributed by atoms with E-state index in [0.29, 0.717) is 6.42 Å². The van der Waals surface area contributed by atoms with E-state index in [9.17, 15) is 4.79 Å². The molecule has 0 unspecified atom stereocenters. The van der Waals surface area contributed by atoms with Gasteiger partial charge in [-0.05, 0) is 44.4 Å². The molecule has 0 atom stereocenters. The van der Waals surface area contributed by atoms with Gasteiger partial charge in [-0.2, -0.15) is 0 Å². The summed E-state index contributed by atoms with van der Waals surface area (Å²) in [4.78, 5) is 11.7. The summed E-state index contributed by atoms with van der Waals surface area (Å²) in [6.45, 7) is 5.83. The van der Waals surface area contributed by atoms with Gasteiger partial charge in [0.05, 0.1) is 0 Å². The van der Waals surface area contributed by atoms with Crippen LogP contribution in [-0.4, -0.2) is 5.91 Å². The fourth-order valence-electron chi connectivity index (χ4n) is 1.55. The fraction of sp³-hybridized carbons (Fsp3) is 0.400. The average molecular weight is 229 g/mol. The summed E-state index contributed by atoms with van der Waals surface area (Å²) in [5.41, 5.74) is 3.16. The maximum atomic E-state index is 11.7. The number of carbonyl (C=O) groups is 1. The van der Waals surface area contributed by atoms with Crippen LogP contribution in [0.4, 0.5) is 5.69 Å². The second kappa shape index (κ2) is 6.75. The third-order valence-electron chi connectivity index (χ3n) is 2.55. The molecule has 0 aromatic heterocycles. The van der Waals surface area contributed by atoms with Crippen molar-refractivity contribution in [3.63, 3.8) is 0 Å². The van der Waals surface area contributed by atoms with Crippen molar-refractivity contribution >= 4 is 11.6 Å². The number of nitrogens with one attached hydrogen (secondary N) is 1. The molecule has 17 heavy (non-hydrogen) atoms. The maximum absolute atomic E-state index is 11.7. The molecule has 0 aliphatic rings. The largest absolute Gasteiger partial charge is 0.326 e. The highest BCUT2D eigenvalue weighted by Gasteiger charge is 2.04. The SMILES string of the molecule is CC#CCCCC(=O)Nc1cc(C)ccc1C. The van der Waals surface area contributed by atoms with E-state index >= 15 is 0 Å². The number of benzene rings is 1. The zero-order chi connectivity index (χ0) is 12.7. The van der Waals surface area contributed by atoms with Crippen LogP contribution in [0.3, 0.4) is 0 Å². The molecule has 0 aliphatic heterocycles. The van der Waals surface area contributed by atoms with E-state index in [2.05, 4.69) is 17.2 Å². The van der Waals surface area contributed by atoms with Gasteiger partial charge in [0, 0.05) is 18.5 Å². The van der Waals surface area contributed by atoms with Gasteiger partial charge in [-0.1, -0.05) is 12.1 Å². The van der Waals surface area contributed by atoms with Crippen molar-refractivity contribution in [3.8, 4) is 11.8 Å². The lowest BCUT2D eigenvalue weighted by molar-refractivity contribution is -0.116. The molecule has 1 amide bonds. The van der Waals surface area contributed by atoms with E-state index in [1.54, 1.807) is 0 Å². The highest BCUT2D eigenvalue weighted by molar-refractivity contribution is 5.91. The topological polar surface area (TPSA) is 29.1 Å². The van der Waals surface area contributed by atoms with E-state index in [1.165, 1.54) is 0 Å². The Balaban J connectivity index is 2.49.